The van der Waals surface area contributed by atoms with E-state index in [9.17, 15) is 0 Å². The first-order chi connectivity index (χ1) is 8.70. The Morgan fingerprint density at radius 1 is 1.33 bits per heavy atom. The topological polar surface area (TPSA) is 15.3 Å². The zero-order valence-corrected chi connectivity index (χ0v) is 11.9. The minimum Gasteiger partial charge on any atom is -0.317 e. The molecule has 0 amide bonds. The zero-order chi connectivity index (χ0) is 13.0. The summed E-state index contributed by atoms with van der Waals surface area (Å²) in [6.45, 7) is 5.95. The van der Waals surface area contributed by atoms with Gasteiger partial charge >= 0.3 is 0 Å². The number of hydrogen-bond donors (Lipinski definition) is 1. The molecule has 0 spiro atoms. The molecule has 1 fully saturated rings. The Balaban J connectivity index is 1.91. The third-order valence-electron chi connectivity index (χ3n) is 4.28. The van der Waals surface area contributed by atoms with Gasteiger partial charge in [-0.15, -0.1) is 0 Å². The van der Waals surface area contributed by atoms with Gasteiger partial charge in [-0.05, 0) is 45.7 Å². The number of hydrogen-bond acceptors (Lipinski definition) is 2. The van der Waals surface area contributed by atoms with Gasteiger partial charge in [0, 0.05) is 24.7 Å². The zero-order valence-electron chi connectivity index (χ0n) is 11.9. The van der Waals surface area contributed by atoms with Crippen molar-refractivity contribution in [1.82, 2.24) is 10.2 Å². The first-order valence-corrected chi connectivity index (χ1v) is 7.17. The lowest BCUT2D eigenvalue weighted by atomic mass is 9.95. The second kappa shape index (κ2) is 6.35. The van der Waals surface area contributed by atoms with E-state index in [-0.39, 0.29) is 0 Å². The lowest BCUT2D eigenvalue weighted by Crippen LogP contribution is -2.50. The first-order valence-electron chi connectivity index (χ1n) is 7.17. The molecule has 1 aromatic carbocycles. The Bertz CT molecular complexity index is 349. The molecule has 18 heavy (non-hydrogen) atoms. The van der Waals surface area contributed by atoms with Crippen LogP contribution in [0.1, 0.15) is 32.3 Å². The summed E-state index contributed by atoms with van der Waals surface area (Å²) in [7, 11) is 2.08. The highest BCUT2D eigenvalue weighted by molar-refractivity contribution is 5.15. The van der Waals surface area contributed by atoms with Gasteiger partial charge < -0.3 is 5.32 Å². The van der Waals surface area contributed by atoms with Crippen molar-refractivity contribution in [1.29, 1.82) is 0 Å². The Kier molecular flexibility index (Phi) is 4.79. The fraction of sp³-hybridized carbons (Fsp3) is 0.625. The minimum absolute atomic E-state index is 0.639. The van der Waals surface area contributed by atoms with Crippen LogP contribution in [0.3, 0.4) is 0 Å². The Morgan fingerprint density at radius 3 is 2.67 bits per heavy atom. The molecule has 0 radical (unpaired) electrons. The van der Waals surface area contributed by atoms with E-state index >= 15 is 0 Å². The molecule has 3 atom stereocenters. The lowest BCUT2D eigenvalue weighted by Gasteiger charge is -2.41. The van der Waals surface area contributed by atoms with Gasteiger partial charge in [0.2, 0.25) is 0 Å². The van der Waals surface area contributed by atoms with Crippen molar-refractivity contribution in [3.05, 3.63) is 35.9 Å². The monoisotopic (exact) mass is 246 g/mol. The predicted molar refractivity (Wildman–Crippen MR) is 77.9 cm³/mol. The minimum atomic E-state index is 0.639. The predicted octanol–water partition coefficient (Wildman–Crippen LogP) is 2.69. The van der Waals surface area contributed by atoms with Crippen molar-refractivity contribution in [2.45, 2.75) is 51.2 Å². The molecule has 0 bridgehead atoms. The molecule has 1 aromatic rings. The van der Waals surface area contributed by atoms with Crippen LogP contribution in [0.15, 0.2) is 30.3 Å². The molecule has 1 heterocycles. The molecule has 0 aromatic heterocycles. The van der Waals surface area contributed by atoms with Crippen LogP contribution >= 0.6 is 0 Å². The van der Waals surface area contributed by atoms with Crippen LogP contribution in [-0.2, 0) is 6.42 Å². The van der Waals surface area contributed by atoms with E-state index in [1.54, 1.807) is 0 Å². The van der Waals surface area contributed by atoms with E-state index in [0.29, 0.717) is 18.1 Å². The maximum atomic E-state index is 3.42. The molecule has 1 aliphatic rings. The van der Waals surface area contributed by atoms with Gasteiger partial charge in [0.15, 0.2) is 0 Å². The number of likely N-dealkylation sites (tertiary alicyclic amines) is 1. The normalized spacial score (nSPS) is 27.1. The average molecular weight is 246 g/mol. The molecule has 2 nitrogen and oxygen atoms in total. The number of piperidine rings is 1. The lowest BCUT2D eigenvalue weighted by molar-refractivity contribution is 0.0974. The van der Waals surface area contributed by atoms with Crippen LogP contribution in [0, 0.1) is 0 Å². The molecule has 1 aliphatic heterocycles. The highest BCUT2D eigenvalue weighted by Crippen LogP contribution is 2.21. The second-order valence-electron chi connectivity index (χ2n) is 5.64. The van der Waals surface area contributed by atoms with Crippen LogP contribution in [0.4, 0.5) is 0 Å². The molecule has 0 saturated carbocycles. The summed E-state index contributed by atoms with van der Waals surface area (Å²) in [5.74, 6) is 0. The van der Waals surface area contributed by atoms with Crippen molar-refractivity contribution in [2.24, 2.45) is 0 Å². The van der Waals surface area contributed by atoms with Gasteiger partial charge in [0.05, 0.1) is 0 Å². The van der Waals surface area contributed by atoms with Crippen molar-refractivity contribution >= 4 is 0 Å². The second-order valence-corrected chi connectivity index (χ2v) is 5.64. The van der Waals surface area contributed by atoms with E-state index in [2.05, 4.69) is 61.4 Å². The van der Waals surface area contributed by atoms with Crippen LogP contribution in [0.2, 0.25) is 0 Å². The van der Waals surface area contributed by atoms with E-state index in [4.69, 9.17) is 0 Å². The number of benzene rings is 1. The van der Waals surface area contributed by atoms with Gasteiger partial charge in [-0.25, -0.2) is 0 Å². The fourth-order valence-electron chi connectivity index (χ4n) is 3.18. The Morgan fingerprint density at radius 2 is 2.06 bits per heavy atom. The quantitative estimate of drug-likeness (QED) is 0.878. The maximum absolute atomic E-state index is 3.42. The van der Waals surface area contributed by atoms with Crippen molar-refractivity contribution in [3.63, 3.8) is 0 Å². The van der Waals surface area contributed by atoms with Crippen molar-refractivity contribution < 1.29 is 0 Å². The molecule has 0 aliphatic carbocycles. The van der Waals surface area contributed by atoms with Gasteiger partial charge in [-0.1, -0.05) is 30.3 Å². The summed E-state index contributed by atoms with van der Waals surface area (Å²) >= 11 is 0. The van der Waals surface area contributed by atoms with Crippen LogP contribution in [0.25, 0.3) is 0 Å². The highest BCUT2D eigenvalue weighted by atomic mass is 15.2. The van der Waals surface area contributed by atoms with Crippen molar-refractivity contribution in [2.75, 3.05) is 13.6 Å². The third kappa shape index (κ3) is 3.33. The molecular weight excluding hydrogens is 220 g/mol. The summed E-state index contributed by atoms with van der Waals surface area (Å²) in [5.41, 5.74) is 1.45. The van der Waals surface area contributed by atoms with E-state index in [1.165, 1.54) is 24.9 Å². The van der Waals surface area contributed by atoms with Crippen LogP contribution < -0.4 is 5.32 Å². The van der Waals surface area contributed by atoms with E-state index < -0.39 is 0 Å². The van der Waals surface area contributed by atoms with Crippen LogP contribution in [0.5, 0.6) is 0 Å². The van der Waals surface area contributed by atoms with Gasteiger partial charge in [-0.3, -0.25) is 4.90 Å². The number of nitrogens with one attached hydrogen (secondary N) is 1. The Labute approximate surface area is 111 Å². The highest BCUT2D eigenvalue weighted by Gasteiger charge is 2.27. The third-order valence-corrected chi connectivity index (χ3v) is 4.28. The first kappa shape index (κ1) is 13.6. The summed E-state index contributed by atoms with van der Waals surface area (Å²) in [4.78, 5) is 2.67. The molecule has 1 N–H and O–H groups in total. The number of rotatable bonds is 4. The molecule has 1 saturated heterocycles. The summed E-state index contributed by atoms with van der Waals surface area (Å²) in [5, 5.41) is 3.42. The molecule has 100 valence electrons. The molecule has 2 heteroatoms. The molecule has 2 rings (SSSR count). The fourth-order valence-corrected chi connectivity index (χ4v) is 3.18. The maximum Gasteiger partial charge on any atom is 0.0110 e. The van der Waals surface area contributed by atoms with Gasteiger partial charge in [-0.2, -0.15) is 0 Å². The summed E-state index contributed by atoms with van der Waals surface area (Å²) in [6.07, 6.45) is 3.71. The number of nitrogens with zero attached hydrogens (tertiary/aromatic N) is 1. The van der Waals surface area contributed by atoms with E-state index in [1.807, 2.05) is 0 Å². The largest absolute Gasteiger partial charge is 0.317 e. The summed E-state index contributed by atoms with van der Waals surface area (Å²) < 4.78 is 0. The van der Waals surface area contributed by atoms with Gasteiger partial charge in [0.1, 0.15) is 0 Å². The molecular formula is C16H26N2. The average Bonchev–Trinajstić information content (AvgIpc) is 2.39. The van der Waals surface area contributed by atoms with E-state index in [0.717, 1.165) is 6.42 Å². The summed E-state index contributed by atoms with van der Waals surface area (Å²) in [6, 6.07) is 12.9. The van der Waals surface area contributed by atoms with Gasteiger partial charge in [0.25, 0.3) is 0 Å². The molecule has 3 unspecified atom stereocenters. The smallest absolute Gasteiger partial charge is 0.0110 e. The SMILES string of the molecule is CNC1CCN(C(C)Cc2ccccc2)C(C)C1. The Hall–Kier alpha value is -0.860. The van der Waals surface area contributed by atoms with Crippen LogP contribution in [-0.4, -0.2) is 36.6 Å². The van der Waals surface area contributed by atoms with Crippen molar-refractivity contribution in [3.8, 4) is 0 Å². The standard InChI is InChI=1S/C16H26N2/c1-13(11-15-7-5-4-6-8-15)18-10-9-16(17-3)12-14(18)2/h4-8,13-14,16-17H,9-12H2,1-3H3.